The second-order valence-corrected chi connectivity index (χ2v) is 9.54. The molecule has 1 unspecified atom stereocenters. The monoisotopic (exact) mass is 400 g/mol. The van der Waals surface area contributed by atoms with E-state index in [4.69, 9.17) is 4.74 Å². The second-order valence-electron chi connectivity index (χ2n) is 8.25. The maximum atomic E-state index is 13.2. The van der Waals surface area contributed by atoms with E-state index in [1.165, 1.54) is 11.1 Å². The van der Waals surface area contributed by atoms with Gasteiger partial charge in [-0.05, 0) is 44.2 Å². The molecule has 1 heterocycles. The molecule has 0 radical (unpaired) electrons. The summed E-state index contributed by atoms with van der Waals surface area (Å²) < 4.78 is 5.07. The molecule has 0 amide bonds. The van der Waals surface area contributed by atoms with Crippen LogP contribution in [0.1, 0.15) is 84.1 Å². The van der Waals surface area contributed by atoms with Gasteiger partial charge in [-0.2, -0.15) is 0 Å². The van der Waals surface area contributed by atoms with Crippen LogP contribution in [0.2, 0.25) is 0 Å². The number of ether oxygens (including phenoxy) is 1. The summed E-state index contributed by atoms with van der Waals surface area (Å²) in [6.07, 6.45) is 1.52. The van der Waals surface area contributed by atoms with Gasteiger partial charge in [-0.25, -0.2) is 0 Å². The highest BCUT2D eigenvalue weighted by Crippen LogP contribution is 2.38. The number of rotatable bonds is 9. The van der Waals surface area contributed by atoms with Gasteiger partial charge in [0.05, 0.1) is 13.0 Å². The number of hydrogen-bond acceptors (Lipinski definition) is 4. The third-order valence-electron chi connectivity index (χ3n) is 4.96. The Bertz CT molecular complexity index is 815. The molecule has 0 saturated heterocycles. The first-order chi connectivity index (χ1) is 13.2. The van der Waals surface area contributed by atoms with Crippen molar-refractivity contribution >= 4 is 23.1 Å². The number of carbonyl (C=O) groups excluding carboxylic acids is 2. The van der Waals surface area contributed by atoms with Crippen LogP contribution >= 0.6 is 11.3 Å². The molecule has 4 heteroatoms. The van der Waals surface area contributed by atoms with E-state index in [0.717, 1.165) is 21.7 Å². The number of benzene rings is 1. The topological polar surface area (TPSA) is 43.4 Å². The van der Waals surface area contributed by atoms with Crippen LogP contribution in [0.15, 0.2) is 30.3 Å². The molecule has 1 aromatic heterocycles. The molecule has 0 fully saturated rings. The SMILES string of the molecule is CCOC(=O)CC(C)(C)CC(=O)c1cc(C)sc1C(CC)c1ccc(C)cc1. The van der Waals surface area contributed by atoms with Crippen LogP contribution in [0, 0.1) is 19.3 Å². The Morgan fingerprint density at radius 3 is 2.29 bits per heavy atom. The van der Waals surface area contributed by atoms with Crippen molar-refractivity contribution in [3.05, 3.63) is 56.8 Å². The molecule has 2 rings (SSSR count). The zero-order valence-corrected chi connectivity index (χ0v) is 18.7. The minimum absolute atomic E-state index is 0.110. The highest BCUT2D eigenvalue weighted by Gasteiger charge is 2.29. The molecule has 0 saturated carbocycles. The van der Waals surface area contributed by atoms with Crippen molar-refractivity contribution in [3.8, 4) is 0 Å². The Hall–Kier alpha value is -1.94. The van der Waals surface area contributed by atoms with Crippen molar-refractivity contribution in [2.24, 2.45) is 5.41 Å². The van der Waals surface area contributed by atoms with Crippen LogP contribution in [0.25, 0.3) is 0 Å². The largest absolute Gasteiger partial charge is 0.466 e. The molecule has 152 valence electrons. The average molecular weight is 401 g/mol. The summed E-state index contributed by atoms with van der Waals surface area (Å²) in [4.78, 5) is 27.4. The van der Waals surface area contributed by atoms with Gasteiger partial charge in [-0.1, -0.05) is 50.6 Å². The van der Waals surface area contributed by atoms with Crippen molar-refractivity contribution < 1.29 is 14.3 Å². The van der Waals surface area contributed by atoms with E-state index in [-0.39, 0.29) is 24.1 Å². The Morgan fingerprint density at radius 1 is 1.07 bits per heavy atom. The fraction of sp³-hybridized carbons (Fsp3) is 0.500. The molecule has 1 atom stereocenters. The Kier molecular flexibility index (Phi) is 7.59. The summed E-state index contributed by atoms with van der Waals surface area (Å²) in [5.41, 5.74) is 2.86. The van der Waals surface area contributed by atoms with E-state index in [9.17, 15) is 9.59 Å². The lowest BCUT2D eigenvalue weighted by atomic mass is 9.81. The van der Waals surface area contributed by atoms with Gasteiger partial charge >= 0.3 is 5.97 Å². The quantitative estimate of drug-likeness (QED) is 0.358. The van der Waals surface area contributed by atoms with Crippen LogP contribution < -0.4 is 0 Å². The Morgan fingerprint density at radius 2 is 1.71 bits per heavy atom. The lowest BCUT2D eigenvalue weighted by molar-refractivity contribution is -0.145. The number of esters is 1. The molecule has 0 N–H and O–H groups in total. The lowest BCUT2D eigenvalue weighted by Crippen LogP contribution is -2.23. The van der Waals surface area contributed by atoms with Crippen molar-refractivity contribution in [1.29, 1.82) is 0 Å². The zero-order valence-electron chi connectivity index (χ0n) is 17.9. The summed E-state index contributed by atoms with van der Waals surface area (Å²) in [5.74, 6) is 0.0822. The normalized spacial score (nSPS) is 12.6. The smallest absolute Gasteiger partial charge is 0.306 e. The van der Waals surface area contributed by atoms with E-state index in [0.29, 0.717) is 13.0 Å². The van der Waals surface area contributed by atoms with Gasteiger partial charge in [-0.15, -0.1) is 11.3 Å². The average Bonchev–Trinajstić information content (AvgIpc) is 2.98. The van der Waals surface area contributed by atoms with E-state index in [2.05, 4.69) is 45.0 Å². The van der Waals surface area contributed by atoms with Gasteiger partial charge < -0.3 is 4.74 Å². The lowest BCUT2D eigenvalue weighted by Gasteiger charge is -2.23. The molecule has 28 heavy (non-hydrogen) atoms. The minimum Gasteiger partial charge on any atom is -0.466 e. The van der Waals surface area contributed by atoms with Crippen LogP contribution in [0.3, 0.4) is 0 Å². The first-order valence-electron chi connectivity index (χ1n) is 10.0. The van der Waals surface area contributed by atoms with Gasteiger partial charge in [0.2, 0.25) is 0 Å². The van der Waals surface area contributed by atoms with Crippen molar-refractivity contribution in [3.63, 3.8) is 0 Å². The van der Waals surface area contributed by atoms with Crippen LogP contribution in [0.5, 0.6) is 0 Å². The van der Waals surface area contributed by atoms with Crippen molar-refractivity contribution in [2.45, 2.75) is 66.7 Å². The van der Waals surface area contributed by atoms with Crippen molar-refractivity contribution in [2.75, 3.05) is 6.61 Å². The van der Waals surface area contributed by atoms with E-state index < -0.39 is 5.41 Å². The summed E-state index contributed by atoms with van der Waals surface area (Å²) in [5, 5.41) is 0. The van der Waals surface area contributed by atoms with E-state index in [1.54, 1.807) is 18.3 Å². The highest BCUT2D eigenvalue weighted by atomic mass is 32.1. The second kappa shape index (κ2) is 9.51. The predicted octanol–water partition coefficient (Wildman–Crippen LogP) is 6.46. The first-order valence-corrected chi connectivity index (χ1v) is 10.8. The molecular weight excluding hydrogens is 368 g/mol. The molecule has 0 spiro atoms. The number of thiophene rings is 1. The molecule has 0 aliphatic heterocycles. The molecule has 0 aliphatic rings. The molecule has 2 aromatic rings. The van der Waals surface area contributed by atoms with E-state index >= 15 is 0 Å². The molecule has 3 nitrogen and oxygen atoms in total. The van der Waals surface area contributed by atoms with Gasteiger partial charge in [-0.3, -0.25) is 9.59 Å². The van der Waals surface area contributed by atoms with Crippen LogP contribution in [-0.2, 0) is 9.53 Å². The number of carbonyl (C=O) groups is 2. The number of ketones is 1. The number of hydrogen-bond donors (Lipinski definition) is 0. The summed E-state index contributed by atoms with van der Waals surface area (Å²) in [6.45, 7) is 12.4. The van der Waals surface area contributed by atoms with Gasteiger partial charge in [0.25, 0.3) is 0 Å². The molecule has 0 bridgehead atoms. The van der Waals surface area contributed by atoms with Gasteiger partial charge in [0, 0.05) is 27.7 Å². The Balaban J connectivity index is 2.28. The predicted molar refractivity (Wildman–Crippen MR) is 116 cm³/mol. The maximum Gasteiger partial charge on any atom is 0.306 e. The maximum absolute atomic E-state index is 13.2. The third kappa shape index (κ3) is 5.78. The molecular formula is C24H32O3S. The molecule has 1 aromatic carbocycles. The van der Waals surface area contributed by atoms with Crippen molar-refractivity contribution in [1.82, 2.24) is 0 Å². The standard InChI is InChI=1S/C24H32O3S/c1-7-19(18-11-9-16(3)10-12-18)23-20(13-17(4)28-23)21(25)14-24(5,6)15-22(26)27-8-2/h9-13,19H,7-8,14-15H2,1-6H3. The Labute approximate surface area is 173 Å². The highest BCUT2D eigenvalue weighted by molar-refractivity contribution is 7.12. The number of aryl methyl sites for hydroxylation is 2. The van der Waals surface area contributed by atoms with Crippen LogP contribution in [0.4, 0.5) is 0 Å². The van der Waals surface area contributed by atoms with Gasteiger partial charge in [0.15, 0.2) is 5.78 Å². The fourth-order valence-corrected chi connectivity index (χ4v) is 4.83. The van der Waals surface area contributed by atoms with Gasteiger partial charge in [0.1, 0.15) is 0 Å². The fourth-order valence-electron chi connectivity index (χ4n) is 3.58. The number of Topliss-reactive ketones (excluding diaryl/α,β-unsaturated/α-hetero) is 1. The minimum atomic E-state index is -0.429. The molecule has 0 aliphatic carbocycles. The summed E-state index contributed by atoms with van der Waals surface area (Å²) in [6, 6.07) is 10.6. The summed E-state index contributed by atoms with van der Waals surface area (Å²) >= 11 is 1.71. The summed E-state index contributed by atoms with van der Waals surface area (Å²) in [7, 11) is 0. The first kappa shape index (κ1) is 22.4. The van der Waals surface area contributed by atoms with E-state index in [1.807, 2.05) is 19.9 Å². The third-order valence-corrected chi connectivity index (χ3v) is 6.12. The van der Waals surface area contributed by atoms with Crippen LogP contribution in [-0.4, -0.2) is 18.4 Å². The zero-order chi connectivity index (χ0) is 20.9.